The molecule has 1 heterocycles. The summed E-state index contributed by atoms with van der Waals surface area (Å²) in [5.41, 5.74) is 2.30. The van der Waals surface area contributed by atoms with Gasteiger partial charge in [-0.05, 0) is 41.3 Å². The molecule has 29 heavy (non-hydrogen) atoms. The Morgan fingerprint density at radius 3 is 2.24 bits per heavy atom. The van der Waals surface area contributed by atoms with E-state index in [1.54, 1.807) is 6.07 Å². The van der Waals surface area contributed by atoms with E-state index < -0.39 is 17.5 Å². The van der Waals surface area contributed by atoms with E-state index in [4.69, 9.17) is 15.9 Å². The fraction of sp³-hybridized carbons (Fsp3) is 0.167. The van der Waals surface area contributed by atoms with Gasteiger partial charge in [0, 0.05) is 16.5 Å². The third-order valence-corrected chi connectivity index (χ3v) is 4.69. The van der Waals surface area contributed by atoms with Gasteiger partial charge < -0.3 is 9.47 Å². The lowest BCUT2D eigenvalue weighted by atomic mass is 10.0. The van der Waals surface area contributed by atoms with Crippen molar-refractivity contribution in [3.05, 3.63) is 82.7 Å². The molecule has 2 atom stereocenters. The average Bonchev–Trinajstić information content (AvgIpc) is 2.76. The molecule has 0 unspecified atom stereocenters. The molecule has 0 spiro atoms. The SMILES string of the molecule is C#C[C@@H]1CO[C@@H](c2ccc(C#Cc3ccc4c(F)c(F)c(F)cc4c3)cc2)CO1. The minimum Gasteiger partial charge on any atom is -0.367 e. The van der Waals surface area contributed by atoms with Crippen molar-refractivity contribution < 1.29 is 22.6 Å². The van der Waals surface area contributed by atoms with Crippen LogP contribution in [0.3, 0.4) is 0 Å². The summed E-state index contributed by atoms with van der Waals surface area (Å²) in [6.45, 7) is 0.750. The number of terminal acetylenes is 1. The topological polar surface area (TPSA) is 18.5 Å². The zero-order chi connectivity index (χ0) is 20.4. The molecule has 3 aromatic carbocycles. The maximum atomic E-state index is 13.8. The second-order valence-electron chi connectivity index (χ2n) is 6.60. The molecule has 1 fully saturated rings. The van der Waals surface area contributed by atoms with Gasteiger partial charge >= 0.3 is 0 Å². The van der Waals surface area contributed by atoms with Crippen LogP contribution < -0.4 is 0 Å². The standard InChI is InChI=1S/C24H15F3O2/c1-2-19-13-29-22(14-28-19)17-8-5-15(6-9-17)3-4-16-7-10-20-18(11-16)12-21(25)24(27)23(20)26/h1,5-12,19,22H,13-14H2/t19-,22-/m1/s1. The molecule has 0 aromatic heterocycles. The summed E-state index contributed by atoms with van der Waals surface area (Å²) in [6.07, 6.45) is 4.83. The minimum absolute atomic E-state index is 0.0144. The van der Waals surface area contributed by atoms with Gasteiger partial charge in [0.25, 0.3) is 0 Å². The van der Waals surface area contributed by atoms with Crippen molar-refractivity contribution in [3.63, 3.8) is 0 Å². The lowest BCUT2D eigenvalue weighted by Gasteiger charge is -2.27. The molecule has 0 radical (unpaired) electrons. The van der Waals surface area contributed by atoms with Crippen LogP contribution in [0.2, 0.25) is 0 Å². The second-order valence-corrected chi connectivity index (χ2v) is 6.60. The molecule has 2 nitrogen and oxygen atoms in total. The number of hydrogen-bond acceptors (Lipinski definition) is 2. The summed E-state index contributed by atoms with van der Waals surface area (Å²) >= 11 is 0. The highest BCUT2D eigenvalue weighted by Gasteiger charge is 2.21. The summed E-state index contributed by atoms with van der Waals surface area (Å²) in [5.74, 6) is 4.57. The summed E-state index contributed by atoms with van der Waals surface area (Å²) in [7, 11) is 0. The Labute approximate surface area is 166 Å². The van der Waals surface area contributed by atoms with Crippen LogP contribution in [0.15, 0.2) is 48.5 Å². The molecule has 0 amide bonds. The van der Waals surface area contributed by atoms with Crippen LogP contribution in [0.4, 0.5) is 13.2 Å². The van der Waals surface area contributed by atoms with Gasteiger partial charge in [-0.2, -0.15) is 0 Å². The fourth-order valence-corrected chi connectivity index (χ4v) is 3.10. The molecule has 0 saturated carbocycles. The van der Waals surface area contributed by atoms with E-state index in [0.717, 1.165) is 17.2 Å². The largest absolute Gasteiger partial charge is 0.367 e. The van der Waals surface area contributed by atoms with E-state index in [9.17, 15) is 13.2 Å². The van der Waals surface area contributed by atoms with Crippen molar-refractivity contribution in [2.45, 2.75) is 12.2 Å². The van der Waals surface area contributed by atoms with Gasteiger partial charge in [-0.15, -0.1) is 6.42 Å². The van der Waals surface area contributed by atoms with E-state index >= 15 is 0 Å². The number of benzene rings is 3. The lowest BCUT2D eigenvalue weighted by molar-refractivity contribution is -0.115. The van der Waals surface area contributed by atoms with Gasteiger partial charge in [-0.3, -0.25) is 0 Å². The first-order chi connectivity index (χ1) is 14.0. The first kappa shape index (κ1) is 19.1. The monoisotopic (exact) mass is 392 g/mol. The first-order valence-electron chi connectivity index (χ1n) is 8.93. The van der Waals surface area contributed by atoms with Crippen LogP contribution in [0.1, 0.15) is 22.8 Å². The van der Waals surface area contributed by atoms with Crippen molar-refractivity contribution in [1.29, 1.82) is 0 Å². The Hall–Kier alpha value is -3.25. The number of ether oxygens (including phenoxy) is 2. The highest BCUT2D eigenvalue weighted by atomic mass is 19.2. The van der Waals surface area contributed by atoms with Crippen LogP contribution in [0, 0.1) is 41.6 Å². The van der Waals surface area contributed by atoms with E-state index in [1.165, 1.54) is 12.1 Å². The normalized spacial score (nSPS) is 18.7. The maximum absolute atomic E-state index is 13.8. The molecule has 4 rings (SSSR count). The van der Waals surface area contributed by atoms with Gasteiger partial charge in [-0.25, -0.2) is 13.2 Å². The Bertz CT molecular complexity index is 1160. The van der Waals surface area contributed by atoms with E-state index in [2.05, 4.69) is 17.8 Å². The Balaban J connectivity index is 1.52. The summed E-state index contributed by atoms with van der Waals surface area (Å²) in [6, 6.07) is 13.0. The molecule has 144 valence electrons. The predicted octanol–water partition coefficient (Wildman–Crippen LogP) is 4.75. The molecule has 1 aliphatic rings. The van der Waals surface area contributed by atoms with Crippen LogP contribution in [0.25, 0.3) is 10.8 Å². The molecule has 3 aromatic rings. The molecule has 1 saturated heterocycles. The summed E-state index contributed by atoms with van der Waals surface area (Å²) in [5, 5.41) is 0.267. The van der Waals surface area contributed by atoms with Crippen LogP contribution >= 0.6 is 0 Å². The van der Waals surface area contributed by atoms with Crippen molar-refractivity contribution in [1.82, 2.24) is 0 Å². The molecule has 0 aliphatic carbocycles. The van der Waals surface area contributed by atoms with E-state index in [-0.39, 0.29) is 23.0 Å². The van der Waals surface area contributed by atoms with E-state index in [1.807, 2.05) is 24.3 Å². The van der Waals surface area contributed by atoms with Gasteiger partial charge in [0.15, 0.2) is 17.5 Å². The zero-order valence-electron chi connectivity index (χ0n) is 15.2. The lowest BCUT2D eigenvalue weighted by Crippen LogP contribution is -2.29. The highest BCUT2D eigenvalue weighted by Crippen LogP contribution is 2.25. The third-order valence-electron chi connectivity index (χ3n) is 4.69. The quantitative estimate of drug-likeness (QED) is 0.440. The number of hydrogen-bond donors (Lipinski definition) is 0. The van der Waals surface area contributed by atoms with Gasteiger partial charge in [-0.1, -0.05) is 36.0 Å². The summed E-state index contributed by atoms with van der Waals surface area (Å²) in [4.78, 5) is 0. The number of halogens is 3. The van der Waals surface area contributed by atoms with E-state index in [0.29, 0.717) is 18.8 Å². The van der Waals surface area contributed by atoms with Crippen molar-refractivity contribution in [2.24, 2.45) is 0 Å². The molecular formula is C24H15F3O2. The Morgan fingerprint density at radius 2 is 1.55 bits per heavy atom. The van der Waals surface area contributed by atoms with Crippen molar-refractivity contribution in [2.75, 3.05) is 13.2 Å². The highest BCUT2D eigenvalue weighted by molar-refractivity contribution is 5.84. The van der Waals surface area contributed by atoms with Crippen LogP contribution in [0.5, 0.6) is 0 Å². The number of rotatable bonds is 1. The third kappa shape index (κ3) is 3.98. The average molecular weight is 392 g/mol. The van der Waals surface area contributed by atoms with Crippen LogP contribution in [-0.4, -0.2) is 19.3 Å². The smallest absolute Gasteiger partial charge is 0.195 e. The Morgan fingerprint density at radius 1 is 0.828 bits per heavy atom. The predicted molar refractivity (Wildman–Crippen MR) is 104 cm³/mol. The fourth-order valence-electron chi connectivity index (χ4n) is 3.10. The maximum Gasteiger partial charge on any atom is 0.195 e. The van der Waals surface area contributed by atoms with Gasteiger partial charge in [0.1, 0.15) is 12.2 Å². The number of fused-ring (bicyclic) bond motifs is 1. The first-order valence-corrected chi connectivity index (χ1v) is 8.93. The minimum atomic E-state index is -1.47. The molecule has 0 bridgehead atoms. The molecular weight excluding hydrogens is 377 g/mol. The van der Waals surface area contributed by atoms with Gasteiger partial charge in [0.05, 0.1) is 13.2 Å². The molecule has 5 heteroatoms. The van der Waals surface area contributed by atoms with Crippen molar-refractivity contribution >= 4 is 10.8 Å². The molecule has 1 aliphatic heterocycles. The van der Waals surface area contributed by atoms with Gasteiger partial charge in [0.2, 0.25) is 0 Å². The summed E-state index contributed by atoms with van der Waals surface area (Å²) < 4.78 is 51.8. The second kappa shape index (κ2) is 8.01. The zero-order valence-corrected chi connectivity index (χ0v) is 15.2. The Kier molecular flexibility index (Phi) is 5.27. The van der Waals surface area contributed by atoms with Crippen molar-refractivity contribution in [3.8, 4) is 24.2 Å². The molecule has 0 N–H and O–H groups in total. The van der Waals surface area contributed by atoms with Crippen LogP contribution in [-0.2, 0) is 9.47 Å².